The summed E-state index contributed by atoms with van der Waals surface area (Å²) in [6, 6.07) is 8.81. The summed E-state index contributed by atoms with van der Waals surface area (Å²) in [7, 11) is 0. The van der Waals surface area contributed by atoms with Crippen LogP contribution in [0.4, 0.5) is 0 Å². The van der Waals surface area contributed by atoms with Crippen molar-refractivity contribution in [2.75, 3.05) is 39.3 Å². The van der Waals surface area contributed by atoms with Crippen LogP contribution in [0.5, 0.6) is 5.75 Å². The Morgan fingerprint density at radius 2 is 1.88 bits per heavy atom. The zero-order valence-corrected chi connectivity index (χ0v) is 15.0. The van der Waals surface area contributed by atoms with Gasteiger partial charge in [0.25, 0.3) is 0 Å². The SMILES string of the molecule is Cc1cccc(OC[C@@H](O)CN2CCN(C3CCCCC3)CC2)c1. The third-order valence-corrected chi connectivity index (χ3v) is 5.40. The van der Waals surface area contributed by atoms with Gasteiger partial charge in [0.1, 0.15) is 18.5 Å². The Labute approximate surface area is 146 Å². The lowest BCUT2D eigenvalue weighted by Gasteiger charge is -2.41. The van der Waals surface area contributed by atoms with Crippen molar-refractivity contribution < 1.29 is 9.84 Å². The molecular formula is C20H32N2O2. The number of benzene rings is 1. The lowest BCUT2D eigenvalue weighted by atomic mass is 9.94. The van der Waals surface area contributed by atoms with E-state index in [0.717, 1.165) is 38.0 Å². The molecule has 1 saturated carbocycles. The molecule has 1 saturated heterocycles. The van der Waals surface area contributed by atoms with E-state index in [1.165, 1.54) is 37.7 Å². The summed E-state index contributed by atoms with van der Waals surface area (Å²) in [4.78, 5) is 5.05. The highest BCUT2D eigenvalue weighted by Gasteiger charge is 2.25. The van der Waals surface area contributed by atoms with Gasteiger partial charge in [-0.05, 0) is 37.5 Å². The van der Waals surface area contributed by atoms with Gasteiger partial charge in [-0.2, -0.15) is 0 Å². The summed E-state index contributed by atoms with van der Waals surface area (Å²) in [5.74, 6) is 0.844. The second-order valence-electron chi connectivity index (χ2n) is 7.41. The van der Waals surface area contributed by atoms with Crippen LogP contribution >= 0.6 is 0 Å². The fourth-order valence-corrected chi connectivity index (χ4v) is 4.01. The van der Waals surface area contributed by atoms with Gasteiger partial charge in [0, 0.05) is 38.8 Å². The van der Waals surface area contributed by atoms with Gasteiger partial charge in [0.05, 0.1) is 0 Å². The fourth-order valence-electron chi connectivity index (χ4n) is 4.01. The van der Waals surface area contributed by atoms with Crippen LogP contribution in [0.25, 0.3) is 0 Å². The summed E-state index contributed by atoms with van der Waals surface area (Å²) in [5, 5.41) is 10.3. The maximum absolute atomic E-state index is 10.3. The molecule has 1 aliphatic heterocycles. The maximum Gasteiger partial charge on any atom is 0.119 e. The quantitative estimate of drug-likeness (QED) is 0.869. The molecule has 1 atom stereocenters. The van der Waals surface area contributed by atoms with Crippen molar-refractivity contribution in [3.8, 4) is 5.75 Å². The third kappa shape index (κ3) is 5.20. The van der Waals surface area contributed by atoms with Gasteiger partial charge in [-0.1, -0.05) is 31.4 Å². The van der Waals surface area contributed by atoms with Gasteiger partial charge in [-0.3, -0.25) is 9.80 Å². The van der Waals surface area contributed by atoms with E-state index in [1.54, 1.807) is 0 Å². The number of hydrogen-bond donors (Lipinski definition) is 1. The van der Waals surface area contributed by atoms with Crippen molar-refractivity contribution in [1.82, 2.24) is 9.80 Å². The number of rotatable bonds is 6. The number of β-amino-alcohol motifs (C(OH)–C–C–N with tert-alkyl or cyclic N) is 1. The summed E-state index contributed by atoms with van der Waals surface area (Å²) >= 11 is 0. The van der Waals surface area contributed by atoms with Crippen LogP contribution in [0.15, 0.2) is 24.3 Å². The first-order valence-electron chi connectivity index (χ1n) is 9.54. The van der Waals surface area contributed by atoms with Gasteiger partial charge in [-0.15, -0.1) is 0 Å². The molecule has 4 nitrogen and oxygen atoms in total. The molecule has 0 bridgehead atoms. The van der Waals surface area contributed by atoms with E-state index in [9.17, 15) is 5.11 Å². The standard InChI is InChI=1S/C20H32N2O2/c1-17-6-5-9-20(14-17)24-16-19(23)15-21-10-12-22(13-11-21)18-7-3-2-4-8-18/h5-6,9,14,18-19,23H,2-4,7-8,10-13,15-16H2,1H3/t19-/m0/s1. The molecule has 0 unspecified atom stereocenters. The largest absolute Gasteiger partial charge is 0.491 e. The molecule has 1 N–H and O–H groups in total. The number of aliphatic hydroxyl groups excluding tert-OH is 1. The zero-order chi connectivity index (χ0) is 16.8. The second-order valence-corrected chi connectivity index (χ2v) is 7.41. The molecule has 0 radical (unpaired) electrons. The Balaban J connectivity index is 1.36. The summed E-state index contributed by atoms with van der Waals surface area (Å²) in [6.45, 7) is 7.56. The number of aryl methyl sites for hydroxylation is 1. The van der Waals surface area contributed by atoms with E-state index in [0.29, 0.717) is 13.2 Å². The Bertz CT molecular complexity index is 494. The first kappa shape index (κ1) is 17.7. The molecule has 24 heavy (non-hydrogen) atoms. The van der Waals surface area contributed by atoms with Crippen LogP contribution in [0.1, 0.15) is 37.7 Å². The average Bonchev–Trinajstić information content (AvgIpc) is 2.61. The van der Waals surface area contributed by atoms with Crippen LogP contribution in [-0.2, 0) is 0 Å². The monoisotopic (exact) mass is 332 g/mol. The van der Waals surface area contributed by atoms with E-state index in [2.05, 4.69) is 22.8 Å². The van der Waals surface area contributed by atoms with Crippen molar-refractivity contribution in [2.24, 2.45) is 0 Å². The van der Waals surface area contributed by atoms with Crippen LogP contribution in [0.3, 0.4) is 0 Å². The Hall–Kier alpha value is -1.10. The smallest absolute Gasteiger partial charge is 0.119 e. The molecule has 1 aromatic carbocycles. The minimum atomic E-state index is -0.424. The second kappa shape index (κ2) is 8.84. The Morgan fingerprint density at radius 1 is 1.12 bits per heavy atom. The zero-order valence-electron chi connectivity index (χ0n) is 15.0. The highest BCUT2D eigenvalue weighted by atomic mass is 16.5. The van der Waals surface area contributed by atoms with Gasteiger partial charge < -0.3 is 9.84 Å². The molecule has 2 aliphatic rings. The van der Waals surface area contributed by atoms with E-state index >= 15 is 0 Å². The van der Waals surface area contributed by atoms with Crippen molar-refractivity contribution in [3.05, 3.63) is 29.8 Å². The average molecular weight is 332 g/mol. The van der Waals surface area contributed by atoms with Gasteiger partial charge in [0.2, 0.25) is 0 Å². The molecule has 2 fully saturated rings. The predicted molar refractivity (Wildman–Crippen MR) is 97.6 cm³/mol. The molecule has 134 valence electrons. The molecule has 4 heteroatoms. The van der Waals surface area contributed by atoms with Crippen LogP contribution in [-0.4, -0.2) is 66.4 Å². The number of aliphatic hydroxyl groups is 1. The minimum absolute atomic E-state index is 0.367. The van der Waals surface area contributed by atoms with Gasteiger partial charge >= 0.3 is 0 Å². The predicted octanol–water partition coefficient (Wildman–Crippen LogP) is 2.69. The van der Waals surface area contributed by atoms with Crippen LogP contribution in [0.2, 0.25) is 0 Å². The number of ether oxygens (including phenoxy) is 1. The minimum Gasteiger partial charge on any atom is -0.491 e. The van der Waals surface area contributed by atoms with Crippen molar-refractivity contribution >= 4 is 0 Å². The number of nitrogens with zero attached hydrogens (tertiary/aromatic N) is 2. The molecule has 0 aromatic heterocycles. The lowest BCUT2D eigenvalue weighted by Crippen LogP contribution is -2.52. The summed E-state index contributed by atoms with van der Waals surface area (Å²) in [5.41, 5.74) is 1.18. The first-order valence-corrected chi connectivity index (χ1v) is 9.54. The topological polar surface area (TPSA) is 35.9 Å². The number of hydrogen-bond acceptors (Lipinski definition) is 4. The van der Waals surface area contributed by atoms with Gasteiger partial charge in [-0.25, -0.2) is 0 Å². The molecular weight excluding hydrogens is 300 g/mol. The first-order chi connectivity index (χ1) is 11.7. The number of piperazine rings is 1. The highest BCUT2D eigenvalue weighted by molar-refractivity contribution is 5.27. The molecule has 1 heterocycles. The molecule has 0 amide bonds. The fraction of sp³-hybridized carbons (Fsp3) is 0.700. The normalized spacial score (nSPS) is 22.4. The van der Waals surface area contributed by atoms with Crippen LogP contribution in [0, 0.1) is 6.92 Å². The Morgan fingerprint density at radius 3 is 2.58 bits per heavy atom. The van der Waals surface area contributed by atoms with Gasteiger partial charge in [0.15, 0.2) is 0 Å². The highest BCUT2D eigenvalue weighted by Crippen LogP contribution is 2.23. The third-order valence-electron chi connectivity index (χ3n) is 5.40. The lowest BCUT2D eigenvalue weighted by molar-refractivity contribution is 0.0312. The van der Waals surface area contributed by atoms with Crippen molar-refractivity contribution in [1.29, 1.82) is 0 Å². The van der Waals surface area contributed by atoms with E-state index in [1.807, 2.05) is 18.2 Å². The molecule has 1 aliphatic carbocycles. The summed E-state index contributed by atoms with van der Waals surface area (Å²) in [6.07, 6.45) is 6.57. The van der Waals surface area contributed by atoms with Crippen molar-refractivity contribution in [3.63, 3.8) is 0 Å². The Kier molecular flexibility index (Phi) is 6.52. The van der Waals surface area contributed by atoms with Crippen LogP contribution < -0.4 is 4.74 Å². The van der Waals surface area contributed by atoms with E-state index in [-0.39, 0.29) is 0 Å². The van der Waals surface area contributed by atoms with E-state index < -0.39 is 6.10 Å². The molecule has 1 aromatic rings. The van der Waals surface area contributed by atoms with E-state index in [4.69, 9.17) is 4.74 Å². The van der Waals surface area contributed by atoms with Crippen molar-refractivity contribution in [2.45, 2.75) is 51.2 Å². The molecule has 0 spiro atoms. The molecule has 3 rings (SSSR count). The summed E-state index contributed by atoms with van der Waals surface area (Å²) < 4.78 is 5.72. The maximum atomic E-state index is 10.3.